The Morgan fingerprint density at radius 1 is 1.10 bits per heavy atom. The van der Waals surface area contributed by atoms with Crippen LogP contribution in [0.5, 0.6) is 5.75 Å². The van der Waals surface area contributed by atoms with Crippen LogP contribution in [-0.2, 0) is 11.3 Å². The molecule has 2 aromatic rings. The number of nitrogen functional groups attached to an aromatic ring is 1. The van der Waals surface area contributed by atoms with Gasteiger partial charge in [0.2, 0.25) is 0 Å². The lowest BCUT2D eigenvalue weighted by Gasteiger charge is -2.20. The highest BCUT2D eigenvalue weighted by atomic mass is 32.2. The maximum Gasteiger partial charge on any atom is 0.138 e. The van der Waals surface area contributed by atoms with E-state index >= 15 is 0 Å². The van der Waals surface area contributed by atoms with E-state index in [-0.39, 0.29) is 5.75 Å². The number of aromatic hydroxyl groups is 1. The molecule has 2 rings (SSSR count). The van der Waals surface area contributed by atoms with Gasteiger partial charge in [0.15, 0.2) is 0 Å². The number of benzene rings is 2. The third-order valence-corrected chi connectivity index (χ3v) is 3.47. The van der Waals surface area contributed by atoms with Crippen LogP contribution in [0.4, 0.5) is 11.4 Å². The molecule has 0 radical (unpaired) electrons. The fourth-order valence-electron chi connectivity index (χ4n) is 1.49. The lowest BCUT2D eigenvalue weighted by Crippen LogP contribution is -2.19. The van der Waals surface area contributed by atoms with Crippen molar-refractivity contribution in [2.45, 2.75) is 13.8 Å². The summed E-state index contributed by atoms with van der Waals surface area (Å²) in [4.78, 5) is 0. The lowest BCUT2D eigenvalue weighted by molar-refractivity contribution is 0.477. The fraction of sp³-hybridized carbons (Fsp3) is 0.200. The molecule has 1 unspecified atom stereocenters. The number of hydrogen-bond acceptors (Lipinski definition) is 4. The zero-order valence-electron chi connectivity index (χ0n) is 12.2. The zero-order valence-corrected chi connectivity index (χ0v) is 13.1. The van der Waals surface area contributed by atoms with Crippen LogP contribution < -0.4 is 10.0 Å². The second kappa shape index (κ2) is 7.66. The zero-order chi connectivity index (χ0) is 16.0. The van der Waals surface area contributed by atoms with E-state index in [2.05, 4.69) is 0 Å². The molecule has 0 bridgehead atoms. The Balaban J connectivity index is 0.000000219. The molecule has 114 valence electrons. The van der Waals surface area contributed by atoms with Crippen molar-refractivity contribution in [3.8, 4) is 5.75 Å². The lowest BCUT2D eigenvalue weighted by atomic mass is 10.2. The highest BCUT2D eigenvalue weighted by Crippen LogP contribution is 2.19. The third-order valence-electron chi connectivity index (χ3n) is 2.81. The van der Waals surface area contributed by atoms with E-state index in [0.29, 0.717) is 11.4 Å². The van der Waals surface area contributed by atoms with Crippen LogP contribution in [0.15, 0.2) is 42.5 Å². The Morgan fingerprint density at radius 2 is 1.62 bits per heavy atom. The second-order valence-corrected chi connectivity index (χ2v) is 5.59. The summed E-state index contributed by atoms with van der Waals surface area (Å²) in [5.74, 6) is 0.162. The number of aryl methyl sites for hydroxylation is 2. The number of phenolic OH excluding ortho intramolecular Hbond substituents is 1. The van der Waals surface area contributed by atoms with Gasteiger partial charge in [0.1, 0.15) is 5.75 Å². The minimum absolute atomic E-state index is 0.162. The first-order valence-electron chi connectivity index (χ1n) is 6.26. The highest BCUT2D eigenvalue weighted by Gasteiger charge is 1.98. The molecule has 0 aliphatic carbocycles. The van der Waals surface area contributed by atoms with Crippen LogP contribution in [0.3, 0.4) is 0 Å². The van der Waals surface area contributed by atoms with Crippen molar-refractivity contribution in [1.29, 1.82) is 0 Å². The second-order valence-electron chi connectivity index (χ2n) is 4.61. The number of phenols is 1. The summed E-state index contributed by atoms with van der Waals surface area (Å²) in [5.41, 5.74) is 8.57. The molecule has 0 saturated carbocycles. The summed E-state index contributed by atoms with van der Waals surface area (Å²) in [6.07, 6.45) is 0. The van der Waals surface area contributed by atoms with Crippen molar-refractivity contribution in [1.82, 2.24) is 0 Å². The van der Waals surface area contributed by atoms with Crippen molar-refractivity contribution >= 4 is 22.6 Å². The first-order chi connectivity index (χ1) is 9.81. The van der Waals surface area contributed by atoms with Gasteiger partial charge in [-0.15, -0.1) is 0 Å². The standard InChI is InChI=1S/C8H11NO2S.C7H9NO/c1-7-3-5-8(6-4-7)9(2)12(10)11;1-5-2-3-6(8)7(9)4-5/h3-6H,1-2H3,(H,10,11);2-4,9H,8H2,1H3/p-1. The molecule has 6 heteroatoms. The topological polar surface area (TPSA) is 89.6 Å². The number of rotatable bonds is 2. The van der Waals surface area contributed by atoms with Crippen LogP contribution in [0, 0.1) is 13.8 Å². The predicted molar refractivity (Wildman–Crippen MR) is 85.8 cm³/mol. The molecule has 21 heavy (non-hydrogen) atoms. The molecule has 0 saturated heterocycles. The van der Waals surface area contributed by atoms with E-state index in [1.807, 2.05) is 32.0 Å². The minimum atomic E-state index is -2.18. The number of hydrogen-bond donors (Lipinski definition) is 2. The van der Waals surface area contributed by atoms with Gasteiger partial charge in [-0.25, -0.2) is 0 Å². The van der Waals surface area contributed by atoms with E-state index in [4.69, 9.17) is 10.8 Å². The summed E-state index contributed by atoms with van der Waals surface area (Å²) in [6.45, 7) is 3.86. The SMILES string of the molecule is Cc1ccc(N(C)S(=O)[O-])cc1.Cc1ccc(N)c(O)c1. The molecule has 0 aliphatic heterocycles. The maximum atomic E-state index is 10.5. The van der Waals surface area contributed by atoms with Crippen molar-refractivity contribution in [3.05, 3.63) is 53.6 Å². The Kier molecular flexibility index (Phi) is 6.20. The molecular weight excluding hydrogens is 288 g/mol. The molecule has 0 fully saturated rings. The summed E-state index contributed by atoms with van der Waals surface area (Å²) < 4.78 is 22.2. The van der Waals surface area contributed by atoms with Crippen LogP contribution in [-0.4, -0.2) is 20.9 Å². The normalized spacial score (nSPS) is 11.2. The van der Waals surface area contributed by atoms with Crippen molar-refractivity contribution in [3.63, 3.8) is 0 Å². The van der Waals surface area contributed by atoms with E-state index in [0.717, 1.165) is 11.1 Å². The van der Waals surface area contributed by atoms with Gasteiger partial charge < -0.3 is 19.7 Å². The van der Waals surface area contributed by atoms with Gasteiger partial charge in [0, 0.05) is 24.0 Å². The van der Waals surface area contributed by atoms with E-state index in [1.54, 1.807) is 24.3 Å². The maximum absolute atomic E-state index is 10.5. The number of nitrogens with two attached hydrogens (primary N) is 1. The highest BCUT2D eigenvalue weighted by molar-refractivity contribution is 7.80. The summed E-state index contributed by atoms with van der Waals surface area (Å²) in [7, 11) is 1.51. The first-order valence-corrected chi connectivity index (χ1v) is 7.29. The van der Waals surface area contributed by atoms with Crippen molar-refractivity contribution in [2.75, 3.05) is 17.1 Å². The first kappa shape index (κ1) is 17.0. The molecule has 3 N–H and O–H groups in total. The Bertz CT molecular complexity index is 615. The fourth-order valence-corrected chi connectivity index (χ4v) is 1.79. The summed E-state index contributed by atoms with van der Waals surface area (Å²) >= 11 is -2.18. The van der Waals surface area contributed by atoms with Crippen LogP contribution in [0.25, 0.3) is 0 Å². The van der Waals surface area contributed by atoms with Crippen LogP contribution in [0.1, 0.15) is 11.1 Å². The molecule has 0 amide bonds. The Labute approximate surface area is 127 Å². The van der Waals surface area contributed by atoms with Crippen molar-refractivity contribution in [2.24, 2.45) is 0 Å². The largest absolute Gasteiger partial charge is 0.755 e. The number of anilines is 2. The minimum Gasteiger partial charge on any atom is -0.755 e. The molecule has 0 heterocycles. The van der Waals surface area contributed by atoms with Crippen molar-refractivity contribution < 1.29 is 13.9 Å². The predicted octanol–water partition coefficient (Wildman–Crippen LogP) is 2.51. The molecule has 2 aromatic carbocycles. The average molecular weight is 307 g/mol. The quantitative estimate of drug-likeness (QED) is 0.507. The van der Waals surface area contributed by atoms with Gasteiger partial charge in [0.25, 0.3) is 0 Å². The molecule has 0 aliphatic rings. The Hall–Kier alpha value is -2.05. The molecule has 0 spiro atoms. The smallest absolute Gasteiger partial charge is 0.138 e. The van der Waals surface area contributed by atoms with Gasteiger partial charge in [-0.1, -0.05) is 23.8 Å². The van der Waals surface area contributed by atoms with Gasteiger partial charge in [-0.3, -0.25) is 4.21 Å². The van der Waals surface area contributed by atoms with E-state index < -0.39 is 11.3 Å². The average Bonchev–Trinajstić information content (AvgIpc) is 2.44. The monoisotopic (exact) mass is 307 g/mol. The number of nitrogens with zero attached hydrogens (tertiary/aromatic N) is 1. The van der Waals surface area contributed by atoms with Gasteiger partial charge in [-0.2, -0.15) is 0 Å². The summed E-state index contributed by atoms with van der Waals surface area (Å²) in [6, 6.07) is 12.5. The van der Waals surface area contributed by atoms with Crippen LogP contribution >= 0.6 is 0 Å². The van der Waals surface area contributed by atoms with Gasteiger partial charge in [-0.05, 0) is 43.7 Å². The Morgan fingerprint density at radius 3 is 2.05 bits per heavy atom. The van der Waals surface area contributed by atoms with Gasteiger partial charge in [0.05, 0.1) is 5.69 Å². The summed E-state index contributed by atoms with van der Waals surface area (Å²) in [5, 5.41) is 8.98. The third kappa shape index (κ3) is 5.45. The molecular formula is C15H19N2O3S-. The van der Waals surface area contributed by atoms with Gasteiger partial charge >= 0.3 is 0 Å². The molecule has 0 aromatic heterocycles. The van der Waals surface area contributed by atoms with E-state index in [9.17, 15) is 8.76 Å². The molecule has 1 atom stereocenters. The van der Waals surface area contributed by atoms with Crippen LogP contribution in [0.2, 0.25) is 0 Å². The van der Waals surface area contributed by atoms with E-state index in [1.165, 1.54) is 11.4 Å². The molecule has 5 nitrogen and oxygen atoms in total.